The van der Waals surface area contributed by atoms with Crippen LogP contribution in [-0.4, -0.2) is 39.8 Å². The van der Waals surface area contributed by atoms with Gasteiger partial charge in [0.2, 0.25) is 0 Å². The smallest absolute Gasteiger partial charge is 0.488 e. The van der Waals surface area contributed by atoms with Crippen molar-refractivity contribution in [2.75, 3.05) is 14.2 Å². The minimum Gasteiger partial charge on any atom is -0.495 e. The largest absolute Gasteiger partial charge is 0.495 e. The van der Waals surface area contributed by atoms with Crippen molar-refractivity contribution >= 4 is 22.6 Å². The molecule has 7 nitrogen and oxygen atoms in total. The topological polar surface area (TPSA) is 105 Å². The zero-order valence-electron chi connectivity index (χ0n) is 9.25. The van der Waals surface area contributed by atoms with Crippen LogP contribution in [0.2, 0.25) is 0 Å². The molecule has 0 amide bonds. The molecule has 0 saturated heterocycles. The molecule has 0 saturated carbocycles. The monoisotopic (exact) mass is 261 g/mol. The zero-order valence-corrected chi connectivity index (χ0v) is 10.1. The summed E-state index contributed by atoms with van der Waals surface area (Å²) in [6.45, 7) is 0. The summed E-state index contributed by atoms with van der Waals surface area (Å²) in [5.74, 6) is 0.0685. The Morgan fingerprint density at radius 3 is 2.41 bits per heavy atom. The van der Waals surface area contributed by atoms with Crippen molar-refractivity contribution in [2.45, 2.75) is 4.90 Å². The summed E-state index contributed by atoms with van der Waals surface area (Å²) >= 11 is 0. The highest BCUT2D eigenvalue weighted by molar-refractivity contribution is 7.89. The van der Waals surface area contributed by atoms with Crippen LogP contribution in [0.3, 0.4) is 0 Å². The van der Waals surface area contributed by atoms with Gasteiger partial charge >= 0.3 is 7.12 Å². The van der Waals surface area contributed by atoms with Crippen LogP contribution in [0.1, 0.15) is 0 Å². The van der Waals surface area contributed by atoms with Gasteiger partial charge in [0.1, 0.15) is 10.6 Å². The number of ether oxygens (including phenoxy) is 1. The maximum absolute atomic E-state index is 11.7. The van der Waals surface area contributed by atoms with Crippen molar-refractivity contribution in [3.8, 4) is 5.75 Å². The fourth-order valence-electron chi connectivity index (χ4n) is 1.22. The fourth-order valence-corrected chi connectivity index (χ4v) is 2.24. The van der Waals surface area contributed by atoms with E-state index >= 15 is 0 Å². The van der Waals surface area contributed by atoms with Crippen LogP contribution < -0.4 is 15.1 Å². The Morgan fingerprint density at radius 1 is 1.29 bits per heavy atom. The van der Waals surface area contributed by atoms with E-state index in [1.165, 1.54) is 19.2 Å². The minimum absolute atomic E-state index is 0.0299. The van der Waals surface area contributed by atoms with Crippen LogP contribution in [0, 0.1) is 0 Å². The summed E-state index contributed by atoms with van der Waals surface area (Å²) < 4.78 is 28.3. The standard InChI is InChI=1S/C8H12BNO6S/c1-15-7-4-3-6(9(11)12)5-8(7)17(13,14)10-16-2/h3-5,10-12H,1-2H3. The molecule has 0 aliphatic heterocycles. The molecular weight excluding hydrogens is 249 g/mol. The Bertz CT molecular complexity index is 489. The third kappa shape index (κ3) is 3.17. The molecule has 17 heavy (non-hydrogen) atoms. The van der Waals surface area contributed by atoms with Gasteiger partial charge in [0, 0.05) is 0 Å². The van der Waals surface area contributed by atoms with Gasteiger partial charge in [-0.1, -0.05) is 11.0 Å². The number of benzene rings is 1. The molecule has 94 valence electrons. The first-order valence-corrected chi connectivity index (χ1v) is 5.99. The molecule has 3 N–H and O–H groups in total. The van der Waals surface area contributed by atoms with Gasteiger partial charge in [0.05, 0.1) is 14.2 Å². The van der Waals surface area contributed by atoms with E-state index in [4.69, 9.17) is 14.8 Å². The molecular formula is C8H12BNO6S. The molecule has 0 radical (unpaired) electrons. The van der Waals surface area contributed by atoms with E-state index in [-0.39, 0.29) is 16.1 Å². The van der Waals surface area contributed by atoms with E-state index < -0.39 is 17.1 Å². The van der Waals surface area contributed by atoms with Crippen LogP contribution in [0.4, 0.5) is 0 Å². The maximum atomic E-state index is 11.7. The van der Waals surface area contributed by atoms with Gasteiger partial charge in [-0.3, -0.25) is 4.84 Å². The molecule has 0 heterocycles. The normalized spacial score (nSPS) is 11.3. The lowest BCUT2D eigenvalue weighted by molar-refractivity contribution is 0.153. The molecule has 0 bridgehead atoms. The zero-order chi connectivity index (χ0) is 13.1. The van der Waals surface area contributed by atoms with E-state index in [1.54, 1.807) is 0 Å². The number of hydrogen-bond acceptors (Lipinski definition) is 6. The van der Waals surface area contributed by atoms with Crippen molar-refractivity contribution in [1.29, 1.82) is 0 Å². The van der Waals surface area contributed by atoms with Crippen molar-refractivity contribution < 1.29 is 28.0 Å². The molecule has 1 rings (SSSR count). The second-order valence-corrected chi connectivity index (χ2v) is 4.69. The van der Waals surface area contributed by atoms with E-state index in [1.807, 2.05) is 4.89 Å². The van der Waals surface area contributed by atoms with Crippen molar-refractivity contribution in [3.63, 3.8) is 0 Å². The summed E-state index contributed by atoms with van der Waals surface area (Å²) in [6, 6.07) is 3.75. The lowest BCUT2D eigenvalue weighted by Gasteiger charge is -2.11. The van der Waals surface area contributed by atoms with E-state index in [0.29, 0.717) is 0 Å². The second-order valence-electron chi connectivity index (χ2n) is 3.07. The number of nitrogens with one attached hydrogen (secondary N) is 1. The average Bonchev–Trinajstić information content (AvgIpc) is 2.28. The lowest BCUT2D eigenvalue weighted by atomic mass is 9.80. The molecule has 0 fully saturated rings. The Kier molecular flexibility index (Phi) is 4.49. The molecule has 1 aromatic rings. The third-order valence-electron chi connectivity index (χ3n) is 1.97. The maximum Gasteiger partial charge on any atom is 0.488 e. The third-order valence-corrected chi connectivity index (χ3v) is 3.25. The summed E-state index contributed by atoms with van der Waals surface area (Å²) in [6.07, 6.45) is 0. The van der Waals surface area contributed by atoms with Gasteiger partial charge in [0.15, 0.2) is 0 Å². The number of sulfonamides is 1. The summed E-state index contributed by atoms with van der Waals surface area (Å²) in [7, 11) is -3.25. The first-order chi connectivity index (χ1) is 7.92. The fraction of sp³-hybridized carbons (Fsp3) is 0.250. The van der Waals surface area contributed by atoms with Gasteiger partial charge in [-0.2, -0.15) is 0 Å². The predicted octanol–water partition coefficient (Wildman–Crippen LogP) is -1.79. The van der Waals surface area contributed by atoms with Gasteiger partial charge in [-0.15, -0.1) is 0 Å². The first-order valence-electron chi connectivity index (χ1n) is 4.51. The molecule has 9 heteroatoms. The minimum atomic E-state index is -3.93. The molecule has 0 spiro atoms. The lowest BCUT2D eigenvalue weighted by Crippen LogP contribution is -2.31. The van der Waals surface area contributed by atoms with Crippen molar-refractivity contribution in [1.82, 2.24) is 4.89 Å². The van der Waals surface area contributed by atoms with Gasteiger partial charge in [0.25, 0.3) is 10.0 Å². The molecule has 0 aliphatic rings. The Morgan fingerprint density at radius 2 is 1.94 bits per heavy atom. The summed E-state index contributed by atoms with van der Waals surface area (Å²) in [5.41, 5.74) is 0.0299. The Balaban J connectivity index is 3.33. The highest BCUT2D eigenvalue weighted by atomic mass is 32.2. The highest BCUT2D eigenvalue weighted by Crippen LogP contribution is 2.21. The van der Waals surface area contributed by atoms with E-state index in [0.717, 1.165) is 13.2 Å². The highest BCUT2D eigenvalue weighted by Gasteiger charge is 2.22. The van der Waals surface area contributed by atoms with Crippen molar-refractivity contribution in [2.24, 2.45) is 0 Å². The van der Waals surface area contributed by atoms with E-state index in [9.17, 15) is 8.42 Å². The van der Waals surface area contributed by atoms with Crippen molar-refractivity contribution in [3.05, 3.63) is 18.2 Å². The van der Waals surface area contributed by atoms with Crippen LogP contribution in [0.15, 0.2) is 23.1 Å². The van der Waals surface area contributed by atoms with Gasteiger partial charge in [-0.25, -0.2) is 8.42 Å². The van der Waals surface area contributed by atoms with Crippen LogP contribution in [0.25, 0.3) is 0 Å². The SMILES string of the molecule is CONS(=O)(=O)c1cc(B(O)O)ccc1OC. The molecule has 0 atom stereocenters. The Labute approximate surface area is 99.1 Å². The van der Waals surface area contributed by atoms with Crippen LogP contribution in [-0.2, 0) is 14.9 Å². The molecule has 0 aromatic heterocycles. The Hall–Kier alpha value is -1.13. The molecule has 1 aromatic carbocycles. The van der Waals surface area contributed by atoms with Gasteiger partial charge in [-0.05, 0) is 17.6 Å². The quantitative estimate of drug-likeness (QED) is 0.427. The summed E-state index contributed by atoms with van der Waals surface area (Å²) in [5, 5.41) is 18.0. The van der Waals surface area contributed by atoms with Crippen LogP contribution >= 0.6 is 0 Å². The number of hydrogen-bond donors (Lipinski definition) is 3. The number of methoxy groups -OCH3 is 1. The summed E-state index contributed by atoms with van der Waals surface area (Å²) in [4.78, 5) is 5.91. The van der Waals surface area contributed by atoms with Crippen LogP contribution in [0.5, 0.6) is 5.75 Å². The first kappa shape index (κ1) is 13.9. The molecule has 0 unspecified atom stereocenters. The number of rotatable bonds is 5. The average molecular weight is 261 g/mol. The second kappa shape index (κ2) is 5.47. The molecule has 0 aliphatic carbocycles. The predicted molar refractivity (Wildman–Crippen MR) is 60.2 cm³/mol. The van der Waals surface area contributed by atoms with Gasteiger partial charge < -0.3 is 14.8 Å². The van der Waals surface area contributed by atoms with E-state index in [2.05, 4.69) is 4.84 Å².